The predicted octanol–water partition coefficient (Wildman–Crippen LogP) is 11.7. The molecule has 1 heterocycles. The molecule has 2 N–H and O–H groups in total. The van der Waals surface area contributed by atoms with Gasteiger partial charge < -0.3 is 14.9 Å². The third kappa shape index (κ3) is 14.7. The molecule has 1 unspecified atom stereocenters. The van der Waals surface area contributed by atoms with Crippen molar-refractivity contribution in [1.82, 2.24) is 10.2 Å². The van der Waals surface area contributed by atoms with E-state index in [1.165, 1.54) is 89.0 Å². The van der Waals surface area contributed by atoms with E-state index < -0.39 is 5.97 Å². The van der Waals surface area contributed by atoms with Crippen LogP contribution in [-0.4, -0.2) is 33.0 Å². The predicted molar refractivity (Wildman–Crippen MR) is 195 cm³/mol. The van der Waals surface area contributed by atoms with Crippen molar-refractivity contribution in [1.29, 1.82) is 0 Å². The van der Waals surface area contributed by atoms with Gasteiger partial charge in [0.25, 0.3) is 0 Å². The Hall–Kier alpha value is -2.23. The van der Waals surface area contributed by atoms with Gasteiger partial charge in [-0.15, -0.1) is 10.2 Å². The maximum atomic E-state index is 11.0. The molecule has 6 nitrogen and oxygen atoms in total. The Bertz CT molecular complexity index is 1270. The smallest absolute Gasteiger partial charge is 0.341 e. The molecule has 1 aromatic heterocycles. The van der Waals surface area contributed by atoms with Crippen molar-refractivity contribution in [2.45, 2.75) is 143 Å². The molecule has 0 bridgehead atoms. The highest BCUT2D eigenvalue weighted by Crippen LogP contribution is 2.44. The Kier molecular flexibility index (Phi) is 19.2. The fourth-order valence-corrected chi connectivity index (χ4v) is 9.16. The van der Waals surface area contributed by atoms with Gasteiger partial charge >= 0.3 is 5.97 Å². The van der Waals surface area contributed by atoms with Gasteiger partial charge in [0, 0.05) is 16.6 Å². The second kappa shape index (κ2) is 23.2. The molecule has 9 heteroatoms. The SMILES string of the molecule is CCCCCCCCCCCCCCCCC(Sc1nnc(SCc2ccccc2OCC(=O)O)s1)c1cccc(O)c1CCC. The number of carboxylic acid groups (broad SMARTS) is 1. The fourth-order valence-electron chi connectivity index (χ4n) is 5.69. The molecule has 0 spiro atoms. The number of benzene rings is 2. The van der Waals surface area contributed by atoms with E-state index in [-0.39, 0.29) is 11.9 Å². The van der Waals surface area contributed by atoms with E-state index in [2.05, 4.69) is 30.1 Å². The molecule has 0 aliphatic carbocycles. The van der Waals surface area contributed by atoms with Crippen molar-refractivity contribution in [2.75, 3.05) is 6.61 Å². The molecular weight excluding hydrogens is 633 g/mol. The monoisotopic (exact) mass is 686 g/mol. The first-order chi connectivity index (χ1) is 22.5. The van der Waals surface area contributed by atoms with E-state index in [0.29, 0.717) is 17.3 Å². The van der Waals surface area contributed by atoms with E-state index in [1.807, 2.05) is 24.3 Å². The standard InChI is InChI=1S/C37H54N2O4S3/c1-3-5-6-7-8-9-10-11-12-13-14-15-16-17-26-34(31-23-20-24-32(40)30(31)21-4-2)45-37-39-38-36(46-37)44-28-29-22-18-19-25-33(29)43-27-35(41)42/h18-20,22-25,34,40H,3-17,21,26-28H2,1-2H3,(H,41,42). The van der Waals surface area contributed by atoms with E-state index in [4.69, 9.17) is 9.84 Å². The molecule has 3 rings (SSSR count). The summed E-state index contributed by atoms with van der Waals surface area (Å²) >= 11 is 4.94. The van der Waals surface area contributed by atoms with E-state index in [9.17, 15) is 9.90 Å². The number of para-hydroxylation sites is 1. The van der Waals surface area contributed by atoms with Crippen molar-refractivity contribution in [3.63, 3.8) is 0 Å². The van der Waals surface area contributed by atoms with Crippen LogP contribution in [-0.2, 0) is 17.0 Å². The number of unbranched alkanes of at least 4 members (excludes halogenated alkanes) is 13. The first-order valence-electron chi connectivity index (χ1n) is 17.4. The number of ether oxygens (including phenoxy) is 1. The number of phenolic OH excluding ortho intramolecular Hbond substituents is 1. The van der Waals surface area contributed by atoms with Gasteiger partial charge in [-0.3, -0.25) is 0 Å². The van der Waals surface area contributed by atoms with Crippen molar-refractivity contribution < 1.29 is 19.7 Å². The number of rotatable bonds is 26. The van der Waals surface area contributed by atoms with Gasteiger partial charge in [-0.25, -0.2) is 4.79 Å². The minimum atomic E-state index is -0.995. The summed E-state index contributed by atoms with van der Waals surface area (Å²) in [4.78, 5) is 11.0. The third-order valence-corrected chi connectivity index (χ3v) is 11.7. The lowest BCUT2D eigenvalue weighted by atomic mass is 9.96. The van der Waals surface area contributed by atoms with Crippen LogP contribution >= 0.6 is 34.9 Å². The van der Waals surface area contributed by atoms with E-state index in [1.54, 1.807) is 47.0 Å². The van der Waals surface area contributed by atoms with Gasteiger partial charge in [0.1, 0.15) is 11.5 Å². The first kappa shape index (κ1) is 38.2. The van der Waals surface area contributed by atoms with E-state index >= 15 is 0 Å². The van der Waals surface area contributed by atoms with Crippen LogP contribution in [0, 0.1) is 0 Å². The number of aromatic hydroxyl groups is 1. The van der Waals surface area contributed by atoms with Gasteiger partial charge in [-0.2, -0.15) is 0 Å². The molecule has 0 aliphatic rings. The molecule has 1 atom stereocenters. The number of thioether (sulfide) groups is 2. The summed E-state index contributed by atoms with van der Waals surface area (Å²) < 4.78 is 7.27. The van der Waals surface area contributed by atoms with Crippen LogP contribution in [0.5, 0.6) is 11.5 Å². The Balaban J connectivity index is 1.50. The summed E-state index contributed by atoms with van der Waals surface area (Å²) in [5, 5.41) is 28.9. The van der Waals surface area contributed by atoms with Crippen molar-refractivity contribution in [3.05, 3.63) is 59.2 Å². The second-order valence-electron chi connectivity index (χ2n) is 12.0. The number of aromatic nitrogens is 2. The van der Waals surface area contributed by atoms with Crippen LogP contribution in [0.2, 0.25) is 0 Å². The number of hydrogen-bond donors (Lipinski definition) is 2. The van der Waals surface area contributed by atoms with Crippen molar-refractivity contribution in [2.24, 2.45) is 0 Å². The fraction of sp³-hybridized carbons (Fsp3) is 0.595. The summed E-state index contributed by atoms with van der Waals surface area (Å²) in [6, 6.07) is 13.5. The van der Waals surface area contributed by atoms with Crippen LogP contribution in [0.25, 0.3) is 0 Å². The zero-order chi connectivity index (χ0) is 32.8. The average molecular weight is 687 g/mol. The number of carboxylic acids is 1. The molecule has 2 aromatic carbocycles. The summed E-state index contributed by atoms with van der Waals surface area (Å²) in [7, 11) is 0. The third-order valence-electron chi connectivity index (χ3n) is 8.16. The molecule has 0 amide bonds. The highest BCUT2D eigenvalue weighted by atomic mass is 32.2. The van der Waals surface area contributed by atoms with Gasteiger partial charge in [0.2, 0.25) is 0 Å². The van der Waals surface area contributed by atoms with Crippen molar-refractivity contribution in [3.8, 4) is 11.5 Å². The number of phenols is 1. The number of nitrogens with zero attached hydrogens (tertiary/aromatic N) is 2. The van der Waals surface area contributed by atoms with Crippen molar-refractivity contribution >= 4 is 40.8 Å². The van der Waals surface area contributed by atoms with E-state index in [0.717, 1.165) is 45.5 Å². The zero-order valence-corrected chi connectivity index (χ0v) is 30.3. The summed E-state index contributed by atoms with van der Waals surface area (Å²) in [5.41, 5.74) is 3.21. The molecule has 254 valence electrons. The summed E-state index contributed by atoms with van der Waals surface area (Å²) in [6.07, 6.45) is 21.7. The lowest BCUT2D eigenvalue weighted by Gasteiger charge is -2.20. The molecule has 0 fully saturated rings. The largest absolute Gasteiger partial charge is 0.508 e. The molecule has 0 radical (unpaired) electrons. The van der Waals surface area contributed by atoms with Crippen LogP contribution in [0.4, 0.5) is 0 Å². The number of aliphatic carboxylic acids is 1. The lowest BCUT2D eigenvalue weighted by Crippen LogP contribution is -2.10. The van der Waals surface area contributed by atoms with Gasteiger partial charge in [0.05, 0.1) is 0 Å². The van der Waals surface area contributed by atoms with Gasteiger partial charge in [0.15, 0.2) is 15.3 Å². The van der Waals surface area contributed by atoms with Gasteiger partial charge in [-0.1, -0.05) is 175 Å². The minimum absolute atomic E-state index is 0.210. The second-order valence-corrected chi connectivity index (χ2v) is 15.6. The average Bonchev–Trinajstić information content (AvgIpc) is 3.51. The zero-order valence-electron chi connectivity index (χ0n) is 27.9. The van der Waals surface area contributed by atoms with Crippen LogP contribution in [0.15, 0.2) is 51.1 Å². The number of hydrogen-bond acceptors (Lipinski definition) is 8. The maximum Gasteiger partial charge on any atom is 0.341 e. The molecule has 0 saturated carbocycles. The highest BCUT2D eigenvalue weighted by molar-refractivity contribution is 8.03. The Labute approximate surface area is 289 Å². The lowest BCUT2D eigenvalue weighted by molar-refractivity contribution is -0.139. The number of carbonyl (C=O) groups is 1. The minimum Gasteiger partial charge on any atom is -0.508 e. The normalized spacial score (nSPS) is 12.0. The topological polar surface area (TPSA) is 92.5 Å². The summed E-state index contributed by atoms with van der Waals surface area (Å²) in [6.45, 7) is 4.07. The molecule has 3 aromatic rings. The highest BCUT2D eigenvalue weighted by Gasteiger charge is 2.21. The molecule has 0 saturated heterocycles. The quantitative estimate of drug-likeness (QED) is 0.0637. The summed E-state index contributed by atoms with van der Waals surface area (Å²) in [5.74, 6) is 0.594. The van der Waals surface area contributed by atoms with Crippen LogP contribution < -0.4 is 4.74 Å². The Morgan fingerprint density at radius 3 is 2.09 bits per heavy atom. The molecular formula is C37H54N2O4S3. The van der Waals surface area contributed by atoms with Crippen LogP contribution in [0.3, 0.4) is 0 Å². The first-order valence-corrected chi connectivity index (χ1v) is 20.1. The van der Waals surface area contributed by atoms with Crippen LogP contribution in [0.1, 0.15) is 139 Å². The molecule has 46 heavy (non-hydrogen) atoms. The Morgan fingerprint density at radius 2 is 1.43 bits per heavy atom. The van der Waals surface area contributed by atoms with Gasteiger partial charge in [-0.05, 0) is 36.1 Å². The Morgan fingerprint density at radius 1 is 0.804 bits per heavy atom. The molecule has 0 aliphatic heterocycles. The maximum absolute atomic E-state index is 11.0.